The molecule has 1 N–H and O–H groups in total. The average Bonchev–Trinajstić information content (AvgIpc) is 2.78. The van der Waals surface area contributed by atoms with Crippen LogP contribution in [0.3, 0.4) is 0 Å². The Labute approximate surface area is 200 Å². The minimum atomic E-state index is 0.185. The molecule has 1 atom stereocenters. The van der Waals surface area contributed by atoms with Crippen LogP contribution in [-0.4, -0.2) is 42.3 Å². The molecule has 0 saturated heterocycles. The zero-order valence-corrected chi connectivity index (χ0v) is 21.9. The fourth-order valence-electron chi connectivity index (χ4n) is 4.76. The monoisotopic (exact) mass is 449 g/mol. The number of unbranched alkanes of at least 4 members (excludes halogenated alkanes) is 15. The lowest BCUT2D eigenvalue weighted by Crippen LogP contribution is -2.50. The molecule has 0 spiro atoms. The van der Waals surface area contributed by atoms with E-state index in [0.717, 1.165) is 38.2 Å². The SMILES string of the molecule is CCCCCCCCCCCCCCCCCCNC(CC)N1CCC/N=C(/C)CC1=O. The van der Waals surface area contributed by atoms with Crippen molar-refractivity contribution in [2.24, 2.45) is 4.99 Å². The second kappa shape index (κ2) is 20.7. The van der Waals surface area contributed by atoms with Gasteiger partial charge < -0.3 is 4.90 Å². The normalized spacial score (nSPS) is 17.7. The topological polar surface area (TPSA) is 44.7 Å². The summed E-state index contributed by atoms with van der Waals surface area (Å²) in [6.45, 7) is 9.16. The van der Waals surface area contributed by atoms with Gasteiger partial charge in [0.25, 0.3) is 0 Å². The lowest BCUT2D eigenvalue weighted by molar-refractivity contribution is -0.133. The maximum Gasteiger partial charge on any atom is 0.229 e. The molecule has 4 heteroatoms. The smallest absolute Gasteiger partial charge is 0.229 e. The summed E-state index contributed by atoms with van der Waals surface area (Å²) in [6, 6.07) is 0. The molecule has 0 saturated carbocycles. The molecule has 1 heterocycles. The highest BCUT2D eigenvalue weighted by Gasteiger charge is 2.22. The van der Waals surface area contributed by atoms with Crippen molar-refractivity contribution >= 4 is 11.6 Å². The van der Waals surface area contributed by atoms with Crippen molar-refractivity contribution in [1.82, 2.24) is 10.2 Å². The van der Waals surface area contributed by atoms with Crippen molar-refractivity contribution in [2.75, 3.05) is 19.6 Å². The Bertz CT molecular complexity index is 477. The number of nitrogens with one attached hydrogen (secondary N) is 1. The molecule has 0 aromatic heterocycles. The first-order valence-electron chi connectivity index (χ1n) is 14.2. The molecule has 0 radical (unpaired) electrons. The zero-order chi connectivity index (χ0) is 23.3. The van der Waals surface area contributed by atoms with Gasteiger partial charge in [-0.3, -0.25) is 15.1 Å². The van der Waals surface area contributed by atoms with Gasteiger partial charge in [0.05, 0.1) is 12.6 Å². The van der Waals surface area contributed by atoms with Gasteiger partial charge in [-0.25, -0.2) is 0 Å². The van der Waals surface area contributed by atoms with Crippen LogP contribution in [0.4, 0.5) is 0 Å². The van der Waals surface area contributed by atoms with Gasteiger partial charge in [-0.05, 0) is 32.7 Å². The quantitative estimate of drug-likeness (QED) is 0.194. The van der Waals surface area contributed by atoms with Crippen molar-refractivity contribution in [3.63, 3.8) is 0 Å². The van der Waals surface area contributed by atoms with Gasteiger partial charge in [0.1, 0.15) is 0 Å². The second-order valence-corrected chi connectivity index (χ2v) is 9.92. The van der Waals surface area contributed by atoms with E-state index in [-0.39, 0.29) is 12.1 Å². The maximum atomic E-state index is 12.6. The molecular formula is C28H55N3O. The molecule has 0 aromatic carbocycles. The van der Waals surface area contributed by atoms with Crippen LogP contribution < -0.4 is 5.32 Å². The molecule has 188 valence electrons. The summed E-state index contributed by atoms with van der Waals surface area (Å²) in [5.74, 6) is 0.234. The lowest BCUT2D eigenvalue weighted by atomic mass is 10.0. The summed E-state index contributed by atoms with van der Waals surface area (Å²) in [4.78, 5) is 19.1. The number of carbonyl (C=O) groups is 1. The van der Waals surface area contributed by atoms with Crippen LogP contribution in [0.25, 0.3) is 0 Å². The van der Waals surface area contributed by atoms with Crippen molar-refractivity contribution in [3.8, 4) is 0 Å². The third kappa shape index (κ3) is 15.0. The molecule has 1 amide bonds. The standard InChI is InChI=1S/C28H55N3O/c1-4-6-7-8-9-10-11-12-13-14-15-16-17-18-19-20-22-30-27(5-2)31-24-21-23-29-26(3)25-28(31)32/h27,30H,4-25H2,1-3H3/b29-26-. The highest BCUT2D eigenvalue weighted by molar-refractivity contribution is 6.00. The number of nitrogens with zero attached hydrogens (tertiary/aromatic N) is 2. The van der Waals surface area contributed by atoms with Crippen molar-refractivity contribution in [3.05, 3.63) is 0 Å². The zero-order valence-electron chi connectivity index (χ0n) is 21.9. The molecular weight excluding hydrogens is 394 g/mol. The van der Waals surface area contributed by atoms with E-state index >= 15 is 0 Å². The molecule has 0 fully saturated rings. The number of amides is 1. The van der Waals surface area contributed by atoms with Gasteiger partial charge in [0, 0.05) is 18.8 Å². The van der Waals surface area contributed by atoms with Gasteiger partial charge >= 0.3 is 0 Å². The van der Waals surface area contributed by atoms with Crippen LogP contribution in [0.1, 0.15) is 143 Å². The van der Waals surface area contributed by atoms with E-state index in [9.17, 15) is 4.79 Å². The largest absolute Gasteiger partial charge is 0.327 e. The van der Waals surface area contributed by atoms with Gasteiger partial charge in [-0.15, -0.1) is 0 Å². The summed E-state index contributed by atoms with van der Waals surface area (Å²) < 4.78 is 0. The molecule has 0 aromatic rings. The van der Waals surface area contributed by atoms with Crippen molar-refractivity contribution in [2.45, 2.75) is 149 Å². The molecule has 1 aliphatic heterocycles. The predicted octanol–water partition coefficient (Wildman–Crippen LogP) is 7.66. The number of hydrogen-bond donors (Lipinski definition) is 1. The van der Waals surface area contributed by atoms with Crippen molar-refractivity contribution < 1.29 is 4.79 Å². The number of hydrogen-bond acceptors (Lipinski definition) is 3. The summed E-state index contributed by atoms with van der Waals surface area (Å²) in [6.07, 6.45) is 25.1. The Balaban J connectivity index is 1.93. The fraction of sp³-hybridized carbons (Fsp3) is 0.929. The minimum absolute atomic E-state index is 0.185. The maximum absolute atomic E-state index is 12.6. The van der Waals surface area contributed by atoms with Crippen LogP contribution in [0.15, 0.2) is 4.99 Å². The Morgan fingerprint density at radius 1 is 0.812 bits per heavy atom. The highest BCUT2D eigenvalue weighted by Crippen LogP contribution is 2.14. The fourth-order valence-corrected chi connectivity index (χ4v) is 4.76. The summed E-state index contributed by atoms with van der Waals surface area (Å²) >= 11 is 0. The van der Waals surface area contributed by atoms with Crippen LogP contribution >= 0.6 is 0 Å². The Morgan fingerprint density at radius 2 is 1.31 bits per heavy atom. The van der Waals surface area contributed by atoms with Gasteiger partial charge in [0.15, 0.2) is 0 Å². The van der Waals surface area contributed by atoms with E-state index < -0.39 is 0 Å². The van der Waals surface area contributed by atoms with Crippen LogP contribution in [0.2, 0.25) is 0 Å². The van der Waals surface area contributed by atoms with E-state index in [1.54, 1.807) is 0 Å². The Hall–Kier alpha value is -0.900. The van der Waals surface area contributed by atoms with Crippen LogP contribution in [-0.2, 0) is 4.79 Å². The van der Waals surface area contributed by atoms with Crippen LogP contribution in [0.5, 0.6) is 0 Å². The number of rotatable bonds is 20. The average molecular weight is 450 g/mol. The van der Waals surface area contributed by atoms with E-state index in [4.69, 9.17) is 0 Å². The first kappa shape index (κ1) is 29.1. The van der Waals surface area contributed by atoms with Crippen molar-refractivity contribution in [1.29, 1.82) is 0 Å². The van der Waals surface area contributed by atoms with Crippen LogP contribution in [0, 0.1) is 0 Å². The predicted molar refractivity (Wildman–Crippen MR) is 141 cm³/mol. The first-order valence-corrected chi connectivity index (χ1v) is 14.2. The first-order chi connectivity index (χ1) is 15.7. The third-order valence-corrected chi connectivity index (χ3v) is 6.84. The molecule has 0 bridgehead atoms. The highest BCUT2D eigenvalue weighted by atomic mass is 16.2. The number of carbonyl (C=O) groups excluding carboxylic acids is 1. The summed E-state index contributed by atoms with van der Waals surface area (Å²) in [5, 5.41) is 3.65. The Morgan fingerprint density at radius 3 is 1.81 bits per heavy atom. The van der Waals surface area contributed by atoms with Gasteiger partial charge in [0.2, 0.25) is 5.91 Å². The van der Waals surface area contributed by atoms with Gasteiger partial charge in [-0.1, -0.05) is 110 Å². The molecule has 4 nitrogen and oxygen atoms in total. The summed E-state index contributed by atoms with van der Waals surface area (Å²) in [7, 11) is 0. The molecule has 32 heavy (non-hydrogen) atoms. The molecule has 0 aliphatic carbocycles. The lowest BCUT2D eigenvalue weighted by Gasteiger charge is -2.33. The van der Waals surface area contributed by atoms with E-state index in [1.165, 1.54) is 103 Å². The summed E-state index contributed by atoms with van der Waals surface area (Å²) in [5.41, 5.74) is 0.979. The van der Waals surface area contributed by atoms with E-state index in [2.05, 4.69) is 29.1 Å². The molecule has 1 rings (SSSR count). The van der Waals surface area contributed by atoms with Gasteiger partial charge in [-0.2, -0.15) is 0 Å². The number of aliphatic imine (C=N–C) groups is 1. The molecule has 1 aliphatic rings. The second-order valence-electron chi connectivity index (χ2n) is 9.92. The third-order valence-electron chi connectivity index (χ3n) is 6.84. The molecule has 1 unspecified atom stereocenters. The van der Waals surface area contributed by atoms with E-state index in [1.807, 2.05) is 6.92 Å². The Kier molecular flexibility index (Phi) is 18.8. The van der Waals surface area contributed by atoms with E-state index in [0.29, 0.717) is 6.42 Å². The minimum Gasteiger partial charge on any atom is -0.327 e.